The van der Waals surface area contributed by atoms with Crippen LogP contribution in [0.3, 0.4) is 0 Å². The number of fused-ring (bicyclic) bond motifs is 1. The molecule has 1 aliphatic rings. The summed E-state index contributed by atoms with van der Waals surface area (Å²) in [7, 11) is 1.58. The largest absolute Gasteiger partial charge is 0.497 e. The molecule has 0 bridgehead atoms. The van der Waals surface area contributed by atoms with Crippen LogP contribution >= 0.6 is 39.0 Å². The van der Waals surface area contributed by atoms with E-state index in [-0.39, 0.29) is 17.7 Å². The molecule has 7 nitrogen and oxygen atoms in total. The number of methoxy groups -OCH3 is 1. The predicted octanol–water partition coefficient (Wildman–Crippen LogP) is 6.45. The Balaban J connectivity index is 1.55. The highest BCUT2D eigenvalue weighted by Gasteiger charge is 2.35. The number of furan rings is 1. The van der Waals surface area contributed by atoms with Crippen molar-refractivity contribution >= 4 is 56.8 Å². The minimum absolute atomic E-state index is 0.177. The average molecular weight is 674 g/mol. The lowest BCUT2D eigenvalue weighted by molar-refractivity contribution is -0.138. The molecule has 6 rings (SSSR count). The number of halogens is 1. The number of carbonyl (C=O) groups excluding carboxylic acids is 1. The molecule has 3 aromatic carbocycles. The molecule has 3 heterocycles. The van der Waals surface area contributed by atoms with Crippen LogP contribution in [0.4, 0.5) is 0 Å². The summed E-state index contributed by atoms with van der Waals surface area (Å²) in [5.41, 5.74) is 1.88. The molecule has 1 atom stereocenters. The lowest BCUT2D eigenvalue weighted by Gasteiger charge is -2.26. The number of hydrogen-bond donors (Lipinski definition) is 0. The maximum absolute atomic E-state index is 14.1. The van der Waals surface area contributed by atoms with E-state index in [9.17, 15) is 9.59 Å². The number of carbonyl (C=O) groups is 1. The molecule has 0 amide bonds. The summed E-state index contributed by atoms with van der Waals surface area (Å²) in [4.78, 5) is 34.1. The second kappa shape index (κ2) is 12.6. The normalized spacial score (nSPS) is 14.8. The van der Waals surface area contributed by atoms with Crippen molar-refractivity contribution in [3.05, 3.63) is 138 Å². The third kappa shape index (κ3) is 5.90. The highest BCUT2D eigenvalue weighted by molar-refractivity contribution is 9.10. The van der Waals surface area contributed by atoms with E-state index in [1.807, 2.05) is 91.0 Å². The van der Waals surface area contributed by atoms with Crippen molar-refractivity contribution in [2.24, 2.45) is 4.99 Å². The molecule has 0 saturated heterocycles. The molecule has 5 aromatic rings. The lowest BCUT2D eigenvalue weighted by Crippen LogP contribution is -2.40. The molecule has 216 valence electrons. The number of hydrogen-bond acceptors (Lipinski definition) is 8. The summed E-state index contributed by atoms with van der Waals surface area (Å²) >= 11 is 6.31. The number of rotatable bonds is 8. The van der Waals surface area contributed by atoms with Crippen LogP contribution in [0.2, 0.25) is 0 Å². The number of ether oxygens (including phenoxy) is 2. The standard InChI is InChI=1S/C33H25BrN2O5S2/c1-3-40-31(38)27-28(20-11-6-4-7-12-20)35-33-36(29(27)21-13-10-14-22(17-21)39-2)30(37)26(43-33)19-23-18-25(34)32(41-23)42-24-15-8-5-9-16-24/h4-19,29H,3H2,1-2H3/b26-19+/t29-/m0/s1. The number of aromatic nitrogens is 1. The summed E-state index contributed by atoms with van der Waals surface area (Å²) in [6.07, 6.45) is 1.71. The van der Waals surface area contributed by atoms with Crippen LogP contribution in [0.5, 0.6) is 5.75 Å². The molecule has 0 saturated carbocycles. The lowest BCUT2D eigenvalue weighted by atomic mass is 9.93. The van der Waals surface area contributed by atoms with Crippen molar-refractivity contribution in [3.63, 3.8) is 0 Å². The van der Waals surface area contributed by atoms with Crippen LogP contribution in [0.25, 0.3) is 11.8 Å². The predicted molar refractivity (Wildman–Crippen MR) is 171 cm³/mol. The first-order chi connectivity index (χ1) is 21.0. The van der Waals surface area contributed by atoms with Crippen LogP contribution in [0, 0.1) is 0 Å². The van der Waals surface area contributed by atoms with Gasteiger partial charge in [0.25, 0.3) is 5.56 Å². The summed E-state index contributed by atoms with van der Waals surface area (Å²) in [5, 5.41) is 0.676. The Morgan fingerprint density at radius 1 is 1.07 bits per heavy atom. The zero-order valence-electron chi connectivity index (χ0n) is 23.2. The van der Waals surface area contributed by atoms with Gasteiger partial charge in [0.15, 0.2) is 9.89 Å². The summed E-state index contributed by atoms with van der Waals surface area (Å²) in [6.45, 7) is 1.93. The van der Waals surface area contributed by atoms with Crippen molar-refractivity contribution < 1.29 is 18.7 Å². The topological polar surface area (TPSA) is 83.0 Å². The summed E-state index contributed by atoms with van der Waals surface area (Å²) in [6, 6.07) is 27.7. The maximum atomic E-state index is 14.1. The van der Waals surface area contributed by atoms with Crippen molar-refractivity contribution in [2.75, 3.05) is 13.7 Å². The Morgan fingerprint density at radius 3 is 2.53 bits per heavy atom. The monoisotopic (exact) mass is 672 g/mol. The average Bonchev–Trinajstić information content (AvgIpc) is 3.54. The van der Waals surface area contributed by atoms with Crippen molar-refractivity contribution in [1.82, 2.24) is 4.57 Å². The zero-order valence-corrected chi connectivity index (χ0v) is 26.4. The van der Waals surface area contributed by atoms with Crippen molar-refractivity contribution in [3.8, 4) is 5.75 Å². The molecule has 10 heteroatoms. The molecule has 0 unspecified atom stereocenters. The van der Waals surface area contributed by atoms with Gasteiger partial charge in [-0.1, -0.05) is 83.8 Å². The van der Waals surface area contributed by atoms with Gasteiger partial charge in [-0.2, -0.15) is 0 Å². The number of benzene rings is 3. The van der Waals surface area contributed by atoms with Crippen molar-refractivity contribution in [2.45, 2.75) is 23.0 Å². The third-order valence-corrected chi connectivity index (χ3v) is 9.52. The molecular formula is C33H25BrN2O5S2. The SMILES string of the molecule is CCOC(=O)C1=C(c2ccccc2)N=c2s/c(=C/c3cc(Br)c(Sc4ccccc4)o3)c(=O)n2[C@H]1c1cccc(OC)c1. The van der Waals surface area contributed by atoms with E-state index in [1.165, 1.54) is 23.1 Å². The minimum atomic E-state index is -0.796. The first-order valence-electron chi connectivity index (χ1n) is 13.4. The molecule has 0 spiro atoms. The first-order valence-corrected chi connectivity index (χ1v) is 15.8. The fourth-order valence-corrected chi connectivity index (χ4v) is 7.13. The van der Waals surface area contributed by atoms with Gasteiger partial charge in [-0.15, -0.1) is 0 Å². The van der Waals surface area contributed by atoms with Crippen molar-refractivity contribution in [1.29, 1.82) is 0 Å². The molecule has 0 radical (unpaired) electrons. The van der Waals surface area contributed by atoms with E-state index in [0.717, 1.165) is 14.9 Å². The highest BCUT2D eigenvalue weighted by atomic mass is 79.9. The van der Waals surface area contributed by atoms with E-state index in [4.69, 9.17) is 18.9 Å². The van der Waals surface area contributed by atoms with Gasteiger partial charge in [0.2, 0.25) is 0 Å². The van der Waals surface area contributed by atoms with Gasteiger partial charge in [-0.3, -0.25) is 9.36 Å². The van der Waals surface area contributed by atoms with Crippen LogP contribution in [-0.4, -0.2) is 24.3 Å². The fourth-order valence-electron chi connectivity index (χ4n) is 4.80. The molecule has 0 aliphatic carbocycles. The highest BCUT2D eigenvalue weighted by Crippen LogP contribution is 2.37. The Morgan fingerprint density at radius 2 is 1.81 bits per heavy atom. The fraction of sp³-hybridized carbons (Fsp3) is 0.121. The third-order valence-electron chi connectivity index (χ3n) is 6.68. The van der Waals surface area contributed by atoms with E-state index >= 15 is 0 Å². The Hall–Kier alpha value is -4.12. The molecular weight excluding hydrogens is 648 g/mol. The number of thiazole rings is 1. The molecule has 1 aliphatic heterocycles. The Bertz CT molecular complexity index is 2010. The Labute approximate surface area is 263 Å². The quantitative estimate of drug-likeness (QED) is 0.176. The van der Waals surface area contributed by atoms with Gasteiger partial charge in [0.1, 0.15) is 11.5 Å². The van der Waals surface area contributed by atoms with E-state index in [1.54, 1.807) is 24.7 Å². The van der Waals surface area contributed by atoms with Gasteiger partial charge >= 0.3 is 5.97 Å². The van der Waals surface area contributed by atoms with E-state index in [0.29, 0.717) is 37.2 Å². The molecule has 0 N–H and O–H groups in total. The number of nitrogens with zero attached hydrogens (tertiary/aromatic N) is 2. The van der Waals surface area contributed by atoms with Crippen LogP contribution in [0.15, 0.2) is 125 Å². The van der Waals surface area contributed by atoms with Crippen LogP contribution < -0.4 is 19.6 Å². The minimum Gasteiger partial charge on any atom is -0.497 e. The van der Waals surface area contributed by atoms with E-state index < -0.39 is 12.0 Å². The first kappa shape index (κ1) is 29.0. The number of esters is 1. The smallest absolute Gasteiger partial charge is 0.338 e. The van der Waals surface area contributed by atoms with Crippen LogP contribution in [-0.2, 0) is 9.53 Å². The molecule has 2 aromatic heterocycles. The summed E-state index contributed by atoms with van der Waals surface area (Å²) < 4.78 is 19.9. The van der Waals surface area contributed by atoms with Gasteiger partial charge in [-0.05, 0) is 58.7 Å². The zero-order chi connectivity index (χ0) is 29.9. The van der Waals surface area contributed by atoms with Gasteiger partial charge in [-0.25, -0.2) is 9.79 Å². The maximum Gasteiger partial charge on any atom is 0.338 e. The van der Waals surface area contributed by atoms with Crippen LogP contribution in [0.1, 0.15) is 29.9 Å². The van der Waals surface area contributed by atoms with E-state index in [2.05, 4.69) is 15.9 Å². The second-order valence-corrected chi connectivity index (χ2v) is 12.3. The van der Waals surface area contributed by atoms with Gasteiger partial charge in [0, 0.05) is 16.5 Å². The Kier molecular flexibility index (Phi) is 8.51. The summed E-state index contributed by atoms with van der Waals surface area (Å²) in [5.74, 6) is 0.580. The van der Waals surface area contributed by atoms with Gasteiger partial charge < -0.3 is 13.9 Å². The molecule has 43 heavy (non-hydrogen) atoms. The van der Waals surface area contributed by atoms with Gasteiger partial charge in [0.05, 0.1) is 40.0 Å². The molecule has 0 fully saturated rings. The second-order valence-electron chi connectivity index (χ2n) is 9.41.